The van der Waals surface area contributed by atoms with Crippen LogP contribution in [0.4, 0.5) is 5.82 Å². The molecular formula is C15H17ClN6O2. The summed E-state index contributed by atoms with van der Waals surface area (Å²) >= 11 is 6.03. The smallest absolute Gasteiger partial charge is 0.296 e. The van der Waals surface area contributed by atoms with Gasteiger partial charge in [0.15, 0.2) is 5.82 Å². The summed E-state index contributed by atoms with van der Waals surface area (Å²) in [6.07, 6.45) is 1.44. The van der Waals surface area contributed by atoms with Gasteiger partial charge in [-0.2, -0.15) is 9.98 Å². The molecule has 8 nitrogen and oxygen atoms in total. The standard InChI is InChI=1S/C15H17ClN6O2/c1-21(2)9-17-14(23)11-4-3-10-12(18-11)13(20-15(16)19-10)22-5-7-24-8-6-22/h3-4,9H,5-8H2,1-2H3/b17-9+. The highest BCUT2D eigenvalue weighted by atomic mass is 35.5. The zero-order valence-corrected chi connectivity index (χ0v) is 14.2. The van der Waals surface area contributed by atoms with Gasteiger partial charge in [0.1, 0.15) is 11.2 Å². The molecule has 1 saturated heterocycles. The van der Waals surface area contributed by atoms with Crippen LogP contribution in [0.15, 0.2) is 17.1 Å². The fourth-order valence-corrected chi connectivity index (χ4v) is 2.49. The maximum atomic E-state index is 12.2. The lowest BCUT2D eigenvalue weighted by atomic mass is 10.2. The number of carbonyl (C=O) groups excluding carboxylic acids is 1. The van der Waals surface area contributed by atoms with Crippen molar-refractivity contribution in [1.82, 2.24) is 19.9 Å². The van der Waals surface area contributed by atoms with E-state index in [1.807, 2.05) is 4.90 Å². The first-order chi connectivity index (χ1) is 11.5. The van der Waals surface area contributed by atoms with E-state index in [2.05, 4.69) is 19.9 Å². The highest BCUT2D eigenvalue weighted by molar-refractivity contribution is 6.28. The number of ether oxygens (including phenoxy) is 1. The molecule has 3 rings (SSSR count). The van der Waals surface area contributed by atoms with Crippen LogP contribution in [-0.4, -0.2) is 72.5 Å². The fraction of sp³-hybridized carbons (Fsp3) is 0.400. The molecule has 1 amide bonds. The first-order valence-electron chi connectivity index (χ1n) is 7.46. The molecule has 1 fully saturated rings. The van der Waals surface area contributed by atoms with Gasteiger partial charge in [0.25, 0.3) is 5.91 Å². The highest BCUT2D eigenvalue weighted by Gasteiger charge is 2.19. The Morgan fingerprint density at radius 3 is 2.75 bits per heavy atom. The Morgan fingerprint density at radius 2 is 2.04 bits per heavy atom. The second-order valence-corrected chi connectivity index (χ2v) is 5.83. The van der Waals surface area contributed by atoms with E-state index in [4.69, 9.17) is 16.3 Å². The summed E-state index contributed by atoms with van der Waals surface area (Å²) in [5.74, 6) is 0.188. The highest BCUT2D eigenvalue weighted by Crippen LogP contribution is 2.25. The second-order valence-electron chi connectivity index (χ2n) is 5.49. The van der Waals surface area contributed by atoms with Crippen LogP contribution in [0.1, 0.15) is 10.5 Å². The van der Waals surface area contributed by atoms with Crippen molar-refractivity contribution in [2.45, 2.75) is 0 Å². The number of anilines is 1. The number of carbonyl (C=O) groups is 1. The van der Waals surface area contributed by atoms with E-state index in [9.17, 15) is 4.79 Å². The quantitative estimate of drug-likeness (QED) is 0.469. The van der Waals surface area contributed by atoms with Crippen LogP contribution in [0.25, 0.3) is 11.0 Å². The Hall–Kier alpha value is -2.32. The first kappa shape index (κ1) is 16.5. The van der Waals surface area contributed by atoms with Gasteiger partial charge < -0.3 is 14.5 Å². The number of rotatable bonds is 3. The number of hydrogen-bond acceptors (Lipinski definition) is 6. The van der Waals surface area contributed by atoms with Gasteiger partial charge in [-0.15, -0.1) is 0 Å². The minimum atomic E-state index is -0.423. The van der Waals surface area contributed by atoms with Gasteiger partial charge in [0.2, 0.25) is 5.28 Å². The first-order valence-corrected chi connectivity index (χ1v) is 7.84. The van der Waals surface area contributed by atoms with Crippen LogP contribution in [-0.2, 0) is 4.74 Å². The van der Waals surface area contributed by atoms with Crippen LogP contribution in [0.3, 0.4) is 0 Å². The SMILES string of the molecule is CN(C)/C=N/C(=O)c1ccc2nc(Cl)nc(N3CCOCC3)c2n1. The number of amides is 1. The summed E-state index contributed by atoms with van der Waals surface area (Å²) in [4.78, 5) is 32.6. The van der Waals surface area contributed by atoms with Gasteiger partial charge in [-0.05, 0) is 23.7 Å². The van der Waals surface area contributed by atoms with E-state index in [0.29, 0.717) is 43.2 Å². The zero-order chi connectivity index (χ0) is 17.1. The number of aromatic nitrogens is 3. The second kappa shape index (κ2) is 7.06. The molecule has 2 aromatic rings. The van der Waals surface area contributed by atoms with E-state index in [0.717, 1.165) is 0 Å². The Morgan fingerprint density at radius 1 is 1.29 bits per heavy atom. The average molecular weight is 349 g/mol. The number of pyridine rings is 1. The monoisotopic (exact) mass is 348 g/mol. The summed E-state index contributed by atoms with van der Waals surface area (Å²) in [6.45, 7) is 2.58. The van der Waals surface area contributed by atoms with Crippen molar-refractivity contribution < 1.29 is 9.53 Å². The summed E-state index contributed by atoms with van der Waals surface area (Å²) in [5.41, 5.74) is 1.36. The van der Waals surface area contributed by atoms with Crippen molar-refractivity contribution >= 4 is 40.7 Å². The topological polar surface area (TPSA) is 83.8 Å². The summed E-state index contributed by atoms with van der Waals surface area (Å²) < 4.78 is 5.36. The maximum Gasteiger partial charge on any atom is 0.296 e. The zero-order valence-electron chi connectivity index (χ0n) is 13.4. The lowest BCUT2D eigenvalue weighted by Crippen LogP contribution is -2.37. The molecule has 126 valence electrons. The predicted octanol–water partition coefficient (Wildman–Crippen LogP) is 1.24. The molecule has 2 aromatic heterocycles. The molecule has 0 spiro atoms. The van der Waals surface area contributed by atoms with Crippen LogP contribution in [0.2, 0.25) is 5.28 Å². The van der Waals surface area contributed by atoms with E-state index >= 15 is 0 Å². The Bertz CT molecular complexity index is 789. The molecule has 0 saturated carbocycles. The molecule has 1 aliphatic heterocycles. The number of aliphatic imine (C=N–C) groups is 1. The third-order valence-corrected chi connectivity index (χ3v) is 3.60. The van der Waals surface area contributed by atoms with Crippen molar-refractivity contribution in [3.05, 3.63) is 23.1 Å². The number of morpholine rings is 1. The van der Waals surface area contributed by atoms with Crippen LogP contribution >= 0.6 is 11.6 Å². The molecule has 1 aliphatic rings. The molecule has 24 heavy (non-hydrogen) atoms. The molecular weight excluding hydrogens is 332 g/mol. The minimum Gasteiger partial charge on any atom is -0.378 e. The predicted molar refractivity (Wildman–Crippen MR) is 91.9 cm³/mol. The van der Waals surface area contributed by atoms with Gasteiger partial charge in [0, 0.05) is 27.2 Å². The van der Waals surface area contributed by atoms with Gasteiger partial charge in [0.05, 0.1) is 25.1 Å². The normalized spacial score (nSPS) is 15.2. The molecule has 0 bridgehead atoms. The maximum absolute atomic E-state index is 12.2. The molecule has 0 radical (unpaired) electrons. The third-order valence-electron chi connectivity index (χ3n) is 3.43. The minimum absolute atomic E-state index is 0.149. The third kappa shape index (κ3) is 3.60. The number of halogens is 1. The van der Waals surface area contributed by atoms with Crippen molar-refractivity contribution in [1.29, 1.82) is 0 Å². The Balaban J connectivity index is 2.03. The molecule has 0 aliphatic carbocycles. The van der Waals surface area contributed by atoms with E-state index < -0.39 is 5.91 Å². The molecule has 0 atom stereocenters. The molecule has 0 N–H and O–H groups in total. The van der Waals surface area contributed by atoms with Gasteiger partial charge in [-0.1, -0.05) is 0 Å². The van der Waals surface area contributed by atoms with Crippen LogP contribution in [0.5, 0.6) is 0 Å². The van der Waals surface area contributed by atoms with Gasteiger partial charge >= 0.3 is 0 Å². The lowest BCUT2D eigenvalue weighted by Gasteiger charge is -2.28. The molecule has 0 aromatic carbocycles. The van der Waals surface area contributed by atoms with Crippen molar-refractivity contribution in [2.75, 3.05) is 45.3 Å². The molecule has 9 heteroatoms. The number of hydrogen-bond donors (Lipinski definition) is 0. The van der Waals surface area contributed by atoms with Crippen molar-refractivity contribution in [3.8, 4) is 0 Å². The molecule has 0 unspecified atom stereocenters. The summed E-state index contributed by atoms with van der Waals surface area (Å²) in [5, 5.41) is 0.149. The number of fused-ring (bicyclic) bond motifs is 1. The van der Waals surface area contributed by atoms with Gasteiger partial charge in [-0.3, -0.25) is 4.79 Å². The van der Waals surface area contributed by atoms with Crippen LogP contribution in [0, 0.1) is 0 Å². The number of nitrogens with zero attached hydrogens (tertiary/aromatic N) is 6. The average Bonchev–Trinajstić information content (AvgIpc) is 2.59. The van der Waals surface area contributed by atoms with Crippen molar-refractivity contribution in [3.63, 3.8) is 0 Å². The fourth-order valence-electron chi connectivity index (χ4n) is 2.32. The van der Waals surface area contributed by atoms with Crippen molar-refractivity contribution in [2.24, 2.45) is 4.99 Å². The van der Waals surface area contributed by atoms with E-state index in [1.54, 1.807) is 31.1 Å². The Labute approximate surface area is 144 Å². The summed E-state index contributed by atoms with van der Waals surface area (Å²) in [7, 11) is 3.58. The van der Waals surface area contributed by atoms with E-state index in [-0.39, 0.29) is 11.0 Å². The van der Waals surface area contributed by atoms with Gasteiger partial charge in [-0.25, -0.2) is 9.97 Å². The Kier molecular flexibility index (Phi) is 4.86. The summed E-state index contributed by atoms with van der Waals surface area (Å²) in [6, 6.07) is 3.29. The lowest BCUT2D eigenvalue weighted by molar-refractivity contribution is 0.0998. The molecule has 3 heterocycles. The van der Waals surface area contributed by atoms with Crippen LogP contribution < -0.4 is 4.90 Å². The largest absolute Gasteiger partial charge is 0.378 e. The van der Waals surface area contributed by atoms with E-state index in [1.165, 1.54) is 6.34 Å².